The molecule has 0 aromatic heterocycles. The van der Waals surface area contributed by atoms with E-state index in [1.165, 1.54) is 37.2 Å². The Labute approximate surface area is 130 Å². The van der Waals surface area contributed by atoms with Gasteiger partial charge in [0.25, 0.3) is 0 Å². The zero-order chi connectivity index (χ0) is 15.2. The number of hydrogen-bond donors (Lipinski definition) is 1. The molecular formula is C18H31N3. The first-order valence-corrected chi connectivity index (χ1v) is 8.44. The molecule has 2 rings (SSSR count). The molecule has 1 saturated heterocycles. The molecule has 0 saturated carbocycles. The second-order valence-electron chi connectivity index (χ2n) is 6.14. The zero-order valence-electron chi connectivity index (χ0n) is 14.1. The topological polar surface area (TPSA) is 18.5 Å². The monoisotopic (exact) mass is 289 g/mol. The van der Waals surface area contributed by atoms with E-state index in [0.29, 0.717) is 12.1 Å². The summed E-state index contributed by atoms with van der Waals surface area (Å²) in [6.07, 6.45) is 2.69. The van der Waals surface area contributed by atoms with Crippen LogP contribution in [0.15, 0.2) is 24.3 Å². The van der Waals surface area contributed by atoms with Crippen LogP contribution in [0, 0.1) is 0 Å². The Morgan fingerprint density at radius 2 is 2.10 bits per heavy atom. The van der Waals surface area contributed by atoms with Crippen LogP contribution in [-0.2, 0) is 0 Å². The summed E-state index contributed by atoms with van der Waals surface area (Å²) in [6, 6.07) is 9.93. The molecule has 1 aromatic carbocycles. The largest absolute Gasteiger partial charge is 0.373 e. The van der Waals surface area contributed by atoms with Crippen molar-refractivity contribution >= 4 is 5.69 Å². The molecule has 118 valence electrons. The summed E-state index contributed by atoms with van der Waals surface area (Å²) in [6.45, 7) is 11.3. The van der Waals surface area contributed by atoms with Gasteiger partial charge >= 0.3 is 0 Å². The highest BCUT2D eigenvalue weighted by Crippen LogP contribution is 2.27. The molecule has 0 bridgehead atoms. The number of hydrogen-bond acceptors (Lipinski definition) is 3. The highest BCUT2D eigenvalue weighted by atomic mass is 15.2. The minimum Gasteiger partial charge on any atom is -0.373 e. The lowest BCUT2D eigenvalue weighted by Crippen LogP contribution is -2.39. The van der Waals surface area contributed by atoms with Crippen molar-refractivity contribution in [1.82, 2.24) is 10.2 Å². The maximum absolute atomic E-state index is 3.53. The third-order valence-corrected chi connectivity index (χ3v) is 4.71. The van der Waals surface area contributed by atoms with Crippen molar-refractivity contribution in [1.29, 1.82) is 0 Å². The molecule has 1 aromatic rings. The van der Waals surface area contributed by atoms with E-state index in [-0.39, 0.29) is 0 Å². The predicted octanol–water partition coefficient (Wildman–Crippen LogP) is 3.28. The summed E-state index contributed by atoms with van der Waals surface area (Å²) in [4.78, 5) is 5.06. The summed E-state index contributed by atoms with van der Waals surface area (Å²) in [5, 5.41) is 3.53. The SMILES string of the molecule is CCNC(C)c1ccccc1N(C)CC1CCCN1CC. The first-order valence-electron chi connectivity index (χ1n) is 8.44. The second-order valence-corrected chi connectivity index (χ2v) is 6.14. The minimum absolute atomic E-state index is 0.402. The van der Waals surface area contributed by atoms with Crippen LogP contribution in [0.3, 0.4) is 0 Å². The summed E-state index contributed by atoms with van der Waals surface area (Å²) in [5.41, 5.74) is 2.77. The van der Waals surface area contributed by atoms with E-state index in [9.17, 15) is 0 Å². The highest BCUT2D eigenvalue weighted by molar-refractivity contribution is 5.54. The van der Waals surface area contributed by atoms with Crippen LogP contribution in [0.1, 0.15) is 45.2 Å². The number of nitrogens with zero attached hydrogens (tertiary/aromatic N) is 2. The van der Waals surface area contributed by atoms with Gasteiger partial charge in [-0.1, -0.05) is 32.0 Å². The third kappa shape index (κ3) is 3.98. The minimum atomic E-state index is 0.402. The number of rotatable bonds is 7. The van der Waals surface area contributed by atoms with E-state index in [2.05, 4.69) is 67.2 Å². The summed E-state index contributed by atoms with van der Waals surface area (Å²) in [5.74, 6) is 0. The van der Waals surface area contributed by atoms with Crippen molar-refractivity contribution in [3.8, 4) is 0 Å². The Kier molecular flexibility index (Phi) is 6.07. The van der Waals surface area contributed by atoms with E-state index in [0.717, 1.165) is 13.1 Å². The first kappa shape index (κ1) is 16.3. The normalized spacial score (nSPS) is 20.7. The lowest BCUT2D eigenvalue weighted by atomic mass is 10.0. The molecular weight excluding hydrogens is 258 g/mol. The quantitative estimate of drug-likeness (QED) is 0.831. The Morgan fingerprint density at radius 3 is 2.81 bits per heavy atom. The molecule has 3 nitrogen and oxygen atoms in total. The van der Waals surface area contributed by atoms with Crippen molar-refractivity contribution in [2.45, 2.75) is 45.7 Å². The molecule has 2 atom stereocenters. The number of nitrogens with one attached hydrogen (secondary N) is 1. The molecule has 2 unspecified atom stereocenters. The maximum atomic E-state index is 3.53. The van der Waals surface area contributed by atoms with Crippen LogP contribution >= 0.6 is 0 Å². The molecule has 0 aliphatic carbocycles. The number of likely N-dealkylation sites (N-methyl/N-ethyl adjacent to an activating group) is 2. The van der Waals surface area contributed by atoms with E-state index in [4.69, 9.17) is 0 Å². The summed E-state index contributed by atoms with van der Waals surface area (Å²) >= 11 is 0. The van der Waals surface area contributed by atoms with Gasteiger partial charge in [-0.25, -0.2) is 0 Å². The first-order chi connectivity index (χ1) is 10.2. The lowest BCUT2D eigenvalue weighted by molar-refractivity contribution is 0.270. The average Bonchev–Trinajstić information content (AvgIpc) is 2.94. The Hall–Kier alpha value is -1.06. The molecule has 1 N–H and O–H groups in total. The Bertz CT molecular complexity index is 432. The third-order valence-electron chi connectivity index (χ3n) is 4.71. The van der Waals surface area contributed by atoms with Gasteiger partial charge in [-0.15, -0.1) is 0 Å². The number of anilines is 1. The number of likely N-dealkylation sites (tertiary alicyclic amines) is 1. The van der Waals surface area contributed by atoms with Crippen molar-refractivity contribution in [2.75, 3.05) is 38.1 Å². The van der Waals surface area contributed by atoms with Crippen LogP contribution < -0.4 is 10.2 Å². The fourth-order valence-corrected chi connectivity index (χ4v) is 3.55. The molecule has 1 heterocycles. The fourth-order valence-electron chi connectivity index (χ4n) is 3.55. The summed E-state index contributed by atoms with van der Waals surface area (Å²) in [7, 11) is 2.24. The standard InChI is InChI=1S/C18H31N3/c1-5-19-15(3)17-11-7-8-12-18(17)20(4)14-16-10-9-13-21(16)6-2/h7-8,11-12,15-16,19H,5-6,9-10,13-14H2,1-4H3. The van der Waals surface area contributed by atoms with Gasteiger partial charge in [-0.2, -0.15) is 0 Å². The highest BCUT2D eigenvalue weighted by Gasteiger charge is 2.25. The molecule has 0 radical (unpaired) electrons. The predicted molar refractivity (Wildman–Crippen MR) is 92.1 cm³/mol. The van der Waals surface area contributed by atoms with Gasteiger partial charge in [0.2, 0.25) is 0 Å². The summed E-state index contributed by atoms with van der Waals surface area (Å²) < 4.78 is 0. The van der Waals surface area contributed by atoms with Crippen LogP contribution in [0.4, 0.5) is 5.69 Å². The zero-order valence-corrected chi connectivity index (χ0v) is 14.1. The van der Waals surface area contributed by atoms with E-state index in [1.54, 1.807) is 0 Å². The van der Waals surface area contributed by atoms with Crippen molar-refractivity contribution in [3.63, 3.8) is 0 Å². The van der Waals surface area contributed by atoms with Gasteiger partial charge in [-0.3, -0.25) is 4.90 Å². The van der Waals surface area contributed by atoms with Gasteiger partial charge in [0.15, 0.2) is 0 Å². The smallest absolute Gasteiger partial charge is 0.0412 e. The number of para-hydroxylation sites is 1. The van der Waals surface area contributed by atoms with Crippen LogP contribution in [0.2, 0.25) is 0 Å². The molecule has 1 fully saturated rings. The van der Waals surface area contributed by atoms with E-state index in [1.807, 2.05) is 0 Å². The van der Waals surface area contributed by atoms with Gasteiger partial charge in [0.05, 0.1) is 0 Å². The van der Waals surface area contributed by atoms with Gasteiger partial charge < -0.3 is 10.2 Å². The molecule has 0 spiro atoms. The molecule has 21 heavy (non-hydrogen) atoms. The van der Waals surface area contributed by atoms with Crippen LogP contribution in [-0.4, -0.2) is 44.2 Å². The Balaban J connectivity index is 2.09. The number of benzene rings is 1. The maximum Gasteiger partial charge on any atom is 0.0412 e. The van der Waals surface area contributed by atoms with E-state index < -0.39 is 0 Å². The van der Waals surface area contributed by atoms with Crippen molar-refractivity contribution in [2.24, 2.45) is 0 Å². The molecule has 3 heteroatoms. The van der Waals surface area contributed by atoms with Gasteiger partial charge in [0.1, 0.15) is 0 Å². The van der Waals surface area contributed by atoms with Crippen molar-refractivity contribution < 1.29 is 0 Å². The Morgan fingerprint density at radius 1 is 1.33 bits per heavy atom. The average molecular weight is 289 g/mol. The molecule has 0 amide bonds. The fraction of sp³-hybridized carbons (Fsp3) is 0.667. The van der Waals surface area contributed by atoms with E-state index >= 15 is 0 Å². The van der Waals surface area contributed by atoms with Crippen LogP contribution in [0.25, 0.3) is 0 Å². The molecule has 1 aliphatic heterocycles. The molecule has 1 aliphatic rings. The van der Waals surface area contributed by atoms with Gasteiger partial charge in [-0.05, 0) is 51.0 Å². The second kappa shape index (κ2) is 7.81. The van der Waals surface area contributed by atoms with Crippen LogP contribution in [0.5, 0.6) is 0 Å². The van der Waals surface area contributed by atoms with Gasteiger partial charge in [0, 0.05) is 31.4 Å². The van der Waals surface area contributed by atoms with Crippen molar-refractivity contribution in [3.05, 3.63) is 29.8 Å². The lowest BCUT2D eigenvalue weighted by Gasteiger charge is -2.31.